The predicted octanol–water partition coefficient (Wildman–Crippen LogP) is -3.45. The van der Waals surface area contributed by atoms with Crippen LogP contribution in [0.4, 0.5) is 17.5 Å². The molecule has 0 amide bonds. The molecule has 23 heteroatoms. The number of aliphatic imine (C=N–C) groups is 1. The Labute approximate surface area is 175 Å². The standard InChI is InChI=1S/C9H16N5O15P3/c10-8-13-6-3(7(17)14-8)12-2(1-11-6)4(15)5(16)9(27-30(18,19)20,28-31(21,22)23)29-32(24,25)26/h4-5,15-16H,1H2,(H2,18,19,20)(H2,21,22,23)(H2,24,25,26)(H4,10,11,13,14,17)/t4-,5+/m0/s1. The van der Waals surface area contributed by atoms with E-state index in [0.29, 0.717) is 0 Å². The highest BCUT2D eigenvalue weighted by Crippen LogP contribution is 2.56. The van der Waals surface area contributed by atoms with Crippen molar-refractivity contribution < 1.29 is 66.8 Å². The normalized spacial score (nSPS) is 17.2. The van der Waals surface area contributed by atoms with Crippen molar-refractivity contribution in [2.45, 2.75) is 18.2 Å². The molecule has 2 atom stereocenters. The van der Waals surface area contributed by atoms with Crippen molar-refractivity contribution in [3.63, 3.8) is 0 Å². The van der Waals surface area contributed by atoms with Gasteiger partial charge in [-0.3, -0.25) is 4.79 Å². The predicted molar refractivity (Wildman–Crippen MR) is 99.0 cm³/mol. The molecule has 1 aliphatic rings. The number of nitrogens with two attached hydrogens (primary N) is 1. The first-order valence-electron chi connectivity index (χ1n) is 7.68. The van der Waals surface area contributed by atoms with Gasteiger partial charge in [0.1, 0.15) is 11.9 Å². The minimum atomic E-state index is -6.00. The second-order valence-corrected chi connectivity index (χ2v) is 9.34. The largest absolute Gasteiger partial charge is 0.474 e. The van der Waals surface area contributed by atoms with Crippen molar-refractivity contribution in [1.29, 1.82) is 0 Å². The van der Waals surface area contributed by atoms with Crippen molar-refractivity contribution in [2.24, 2.45) is 4.99 Å². The van der Waals surface area contributed by atoms with Crippen LogP contribution >= 0.6 is 23.5 Å². The summed E-state index contributed by atoms with van der Waals surface area (Å²) < 4.78 is 45.2. The monoisotopic (exact) mass is 527 g/mol. The van der Waals surface area contributed by atoms with E-state index in [-0.39, 0.29) is 11.8 Å². The molecule has 1 aliphatic heterocycles. The second-order valence-electron chi connectivity index (χ2n) is 5.85. The smallest absolute Gasteiger partial charge is 0.384 e. The van der Waals surface area contributed by atoms with Gasteiger partial charge in [-0.15, -0.1) is 0 Å². The minimum Gasteiger partial charge on any atom is -0.384 e. The quantitative estimate of drug-likeness (QED) is 0.110. The Hall–Kier alpha value is -1.60. The number of nitrogens with zero attached hydrogens (tertiary/aromatic N) is 2. The molecule has 2 heterocycles. The highest BCUT2D eigenvalue weighted by atomic mass is 31.2. The molecular weight excluding hydrogens is 511 g/mol. The van der Waals surface area contributed by atoms with Crippen LogP contribution in [0.15, 0.2) is 9.79 Å². The van der Waals surface area contributed by atoms with Crippen LogP contribution in [-0.4, -0.2) is 80.0 Å². The second kappa shape index (κ2) is 8.98. The first-order valence-corrected chi connectivity index (χ1v) is 12.3. The number of aliphatic hydroxyl groups excluding tert-OH is 2. The summed E-state index contributed by atoms with van der Waals surface area (Å²) in [5.74, 6) is -4.76. The van der Waals surface area contributed by atoms with Gasteiger partial charge in [0.05, 0.1) is 12.3 Å². The lowest BCUT2D eigenvalue weighted by atomic mass is 10.1. The molecule has 0 fully saturated rings. The van der Waals surface area contributed by atoms with Gasteiger partial charge < -0.3 is 55.6 Å². The van der Waals surface area contributed by atoms with E-state index in [1.165, 1.54) is 0 Å². The number of rotatable bonds is 9. The Bertz CT molecular complexity index is 1040. The SMILES string of the molecule is Nc1nc(=O)c2c([nH]1)NCC([C@H](O)[C@@H](O)C(OP(=O)(O)O)(OP(=O)(O)O)OP(=O)(O)O)=N2. The van der Waals surface area contributed by atoms with Crippen LogP contribution in [0.5, 0.6) is 0 Å². The van der Waals surface area contributed by atoms with Crippen molar-refractivity contribution in [1.82, 2.24) is 9.97 Å². The van der Waals surface area contributed by atoms with E-state index in [1.54, 1.807) is 0 Å². The molecule has 0 aliphatic carbocycles. The average molecular weight is 527 g/mol. The zero-order chi connectivity index (χ0) is 24.7. The van der Waals surface area contributed by atoms with Gasteiger partial charge >= 0.3 is 35.0 Å². The van der Waals surface area contributed by atoms with Gasteiger partial charge in [-0.2, -0.15) is 4.98 Å². The third-order valence-electron chi connectivity index (χ3n) is 3.36. The Kier molecular flexibility index (Phi) is 7.48. The molecule has 0 bridgehead atoms. The molecular formula is C9H16N5O15P3. The fourth-order valence-electron chi connectivity index (χ4n) is 2.33. The molecule has 182 valence electrons. The summed E-state index contributed by atoms with van der Waals surface area (Å²) in [5.41, 5.74) is 3.11. The molecule has 0 radical (unpaired) electrons. The molecule has 12 N–H and O–H groups in total. The first kappa shape index (κ1) is 26.7. The average Bonchev–Trinajstić information content (AvgIpc) is 2.55. The van der Waals surface area contributed by atoms with E-state index in [4.69, 9.17) is 35.1 Å². The van der Waals surface area contributed by atoms with Crippen molar-refractivity contribution >= 4 is 46.6 Å². The van der Waals surface area contributed by atoms with Gasteiger partial charge in [0.2, 0.25) is 5.95 Å². The fraction of sp³-hybridized carbons (Fsp3) is 0.444. The number of aliphatic hydroxyl groups is 2. The van der Waals surface area contributed by atoms with Crippen LogP contribution in [0, 0.1) is 0 Å². The number of phosphoric ester groups is 3. The van der Waals surface area contributed by atoms with Gasteiger partial charge in [0.15, 0.2) is 11.8 Å². The molecule has 32 heavy (non-hydrogen) atoms. The number of aromatic nitrogens is 2. The topological polar surface area (TPSA) is 337 Å². The number of aromatic amines is 1. The highest BCUT2D eigenvalue weighted by molar-refractivity contribution is 7.47. The summed E-state index contributed by atoms with van der Waals surface area (Å²) in [6, 6.07) is 0. The lowest BCUT2D eigenvalue weighted by molar-refractivity contribution is -0.327. The maximum absolute atomic E-state index is 11.9. The fourth-order valence-corrected chi connectivity index (χ4v) is 4.05. The molecule has 0 aromatic carbocycles. The number of nitrogen functional groups attached to an aromatic ring is 1. The summed E-state index contributed by atoms with van der Waals surface area (Å²) in [5, 5.41) is 23.2. The minimum absolute atomic E-state index is 0.0939. The van der Waals surface area contributed by atoms with Gasteiger partial charge in [0.25, 0.3) is 0 Å². The summed E-state index contributed by atoms with van der Waals surface area (Å²) >= 11 is 0. The maximum Gasteiger partial charge on any atom is 0.474 e. The third-order valence-corrected chi connectivity index (χ3v) is 4.83. The van der Waals surface area contributed by atoms with Crippen molar-refractivity contribution in [2.75, 3.05) is 17.6 Å². The van der Waals surface area contributed by atoms with Gasteiger partial charge in [-0.1, -0.05) is 0 Å². The molecule has 0 spiro atoms. The summed E-state index contributed by atoms with van der Waals surface area (Å²) in [7, 11) is -18.0. The zero-order valence-electron chi connectivity index (χ0n) is 15.1. The number of fused-ring (bicyclic) bond motifs is 1. The van der Waals surface area contributed by atoms with Gasteiger partial charge in [0, 0.05) is 0 Å². The molecule has 2 rings (SSSR count). The van der Waals surface area contributed by atoms with Crippen molar-refractivity contribution in [3.8, 4) is 0 Å². The van der Waals surface area contributed by atoms with Crippen LogP contribution < -0.4 is 16.6 Å². The molecule has 0 saturated heterocycles. The molecule has 0 saturated carbocycles. The molecule has 20 nitrogen and oxygen atoms in total. The van der Waals surface area contributed by atoms with E-state index < -0.39 is 65.2 Å². The lowest BCUT2D eigenvalue weighted by Gasteiger charge is -2.37. The van der Waals surface area contributed by atoms with Gasteiger partial charge in [-0.05, 0) is 0 Å². The third kappa shape index (κ3) is 6.95. The van der Waals surface area contributed by atoms with E-state index in [0.717, 1.165) is 0 Å². The van der Waals surface area contributed by atoms with Crippen LogP contribution in [0.25, 0.3) is 0 Å². The summed E-state index contributed by atoms with van der Waals surface area (Å²) in [6.45, 7) is -0.553. The van der Waals surface area contributed by atoms with E-state index in [2.05, 4.69) is 33.8 Å². The van der Waals surface area contributed by atoms with Crippen LogP contribution in [0.3, 0.4) is 0 Å². The lowest BCUT2D eigenvalue weighted by Crippen LogP contribution is -2.56. The Morgan fingerprint density at radius 2 is 1.44 bits per heavy atom. The van der Waals surface area contributed by atoms with E-state index >= 15 is 0 Å². The number of hydrogen-bond acceptors (Lipinski definition) is 13. The number of hydrogen-bond donors (Lipinski definition) is 11. The Morgan fingerprint density at radius 3 is 1.88 bits per heavy atom. The number of anilines is 2. The Balaban J connectivity index is 2.58. The van der Waals surface area contributed by atoms with Crippen LogP contribution in [-0.2, 0) is 27.3 Å². The first-order chi connectivity index (χ1) is 14.3. The number of phosphoric acid groups is 3. The number of H-pyrrole nitrogens is 1. The van der Waals surface area contributed by atoms with Crippen LogP contribution in [0.1, 0.15) is 0 Å². The van der Waals surface area contributed by atoms with Crippen molar-refractivity contribution in [3.05, 3.63) is 10.4 Å². The highest BCUT2D eigenvalue weighted by Gasteiger charge is 2.58. The zero-order valence-corrected chi connectivity index (χ0v) is 17.8. The molecule has 0 unspecified atom stereocenters. The summed E-state index contributed by atoms with van der Waals surface area (Å²) in [6.07, 6.45) is -5.82. The molecule has 1 aromatic rings. The van der Waals surface area contributed by atoms with Gasteiger partial charge in [-0.25, -0.2) is 32.3 Å². The Morgan fingerprint density at radius 1 is 0.969 bits per heavy atom. The van der Waals surface area contributed by atoms with E-state index in [1.807, 2.05) is 0 Å². The molecule has 1 aromatic heterocycles. The van der Waals surface area contributed by atoms with E-state index in [9.17, 15) is 28.7 Å². The number of nitrogens with one attached hydrogen (secondary N) is 2. The van der Waals surface area contributed by atoms with Crippen LogP contribution in [0.2, 0.25) is 0 Å². The summed E-state index contributed by atoms with van der Waals surface area (Å²) in [4.78, 5) is 75.3. The maximum atomic E-state index is 11.9.